The van der Waals surface area contributed by atoms with Crippen molar-refractivity contribution in [3.63, 3.8) is 0 Å². The fourth-order valence-electron chi connectivity index (χ4n) is 1.66. The first-order chi connectivity index (χ1) is 8.09. The Balaban J connectivity index is 1.93. The molecule has 94 valence electrons. The third kappa shape index (κ3) is 3.42. The first-order valence-corrected chi connectivity index (χ1v) is 7.13. The van der Waals surface area contributed by atoms with E-state index in [1.807, 2.05) is 24.3 Å². The molecule has 1 aromatic carbocycles. The van der Waals surface area contributed by atoms with Crippen LogP contribution >= 0.6 is 0 Å². The van der Waals surface area contributed by atoms with Crippen molar-refractivity contribution < 1.29 is 18.0 Å². The van der Waals surface area contributed by atoms with Crippen LogP contribution in [0.25, 0.3) is 0 Å². The highest BCUT2D eigenvalue weighted by molar-refractivity contribution is 7.92. The summed E-state index contributed by atoms with van der Waals surface area (Å²) in [5.74, 6) is 0.932. The van der Waals surface area contributed by atoms with Crippen LogP contribution in [-0.4, -0.2) is 33.1 Å². The Morgan fingerprint density at radius 2 is 2.18 bits per heavy atom. The molecule has 0 bridgehead atoms. The second kappa shape index (κ2) is 5.03. The molecule has 0 radical (unpaired) electrons. The Morgan fingerprint density at radius 1 is 1.41 bits per heavy atom. The number of nitrogens with one attached hydrogen (secondary N) is 1. The zero-order valence-electron chi connectivity index (χ0n) is 9.55. The molecular formula is C11H15NO4S. The van der Waals surface area contributed by atoms with Crippen LogP contribution in [0.5, 0.6) is 5.75 Å². The van der Waals surface area contributed by atoms with Crippen molar-refractivity contribution in [1.29, 1.82) is 0 Å². The highest BCUT2D eigenvalue weighted by Crippen LogP contribution is 2.20. The van der Waals surface area contributed by atoms with E-state index in [-0.39, 0.29) is 17.6 Å². The summed E-state index contributed by atoms with van der Waals surface area (Å²) < 4.78 is 27.5. The van der Waals surface area contributed by atoms with E-state index in [9.17, 15) is 8.42 Å². The minimum atomic E-state index is -2.83. The van der Waals surface area contributed by atoms with Crippen LogP contribution in [0.15, 0.2) is 24.3 Å². The SMILES string of the molecule is CONCc1cccc(OC2CS(=O)(=O)C2)c1. The van der Waals surface area contributed by atoms with E-state index in [4.69, 9.17) is 9.57 Å². The van der Waals surface area contributed by atoms with E-state index >= 15 is 0 Å². The molecule has 0 saturated carbocycles. The topological polar surface area (TPSA) is 64.6 Å². The molecule has 1 N–H and O–H groups in total. The summed E-state index contributed by atoms with van der Waals surface area (Å²) in [6, 6.07) is 7.50. The van der Waals surface area contributed by atoms with Gasteiger partial charge >= 0.3 is 0 Å². The summed E-state index contributed by atoms with van der Waals surface area (Å²) in [7, 11) is -1.28. The molecule has 0 unspecified atom stereocenters. The maximum atomic E-state index is 11.0. The molecule has 0 spiro atoms. The molecule has 1 aromatic rings. The molecule has 1 fully saturated rings. The van der Waals surface area contributed by atoms with E-state index in [1.165, 1.54) is 0 Å². The Kier molecular flexibility index (Phi) is 3.66. The van der Waals surface area contributed by atoms with Crippen LogP contribution < -0.4 is 10.2 Å². The lowest BCUT2D eigenvalue weighted by molar-refractivity contribution is 0.0866. The monoisotopic (exact) mass is 257 g/mol. The quantitative estimate of drug-likeness (QED) is 0.779. The van der Waals surface area contributed by atoms with Gasteiger partial charge in [-0.3, -0.25) is 0 Å². The molecule has 1 aliphatic heterocycles. The van der Waals surface area contributed by atoms with Gasteiger partial charge in [0, 0.05) is 6.54 Å². The number of rotatable bonds is 5. The van der Waals surface area contributed by atoms with Crippen LogP contribution in [0.1, 0.15) is 5.56 Å². The standard InChI is InChI=1S/C11H15NO4S/c1-15-12-6-9-3-2-4-10(5-9)16-11-7-17(13,14)8-11/h2-5,11-12H,6-8H2,1H3. The number of hydroxylamine groups is 1. The van der Waals surface area contributed by atoms with Gasteiger partial charge in [0.1, 0.15) is 11.9 Å². The van der Waals surface area contributed by atoms with Crippen LogP contribution in [0, 0.1) is 0 Å². The maximum Gasteiger partial charge on any atom is 0.157 e. The van der Waals surface area contributed by atoms with Gasteiger partial charge < -0.3 is 9.57 Å². The molecule has 2 rings (SSSR count). The van der Waals surface area contributed by atoms with E-state index in [0.717, 1.165) is 5.56 Å². The van der Waals surface area contributed by atoms with Gasteiger partial charge in [-0.05, 0) is 17.7 Å². The number of hydrogen-bond acceptors (Lipinski definition) is 5. The van der Waals surface area contributed by atoms with Crippen molar-refractivity contribution in [3.8, 4) is 5.75 Å². The zero-order chi connectivity index (χ0) is 12.3. The third-order valence-electron chi connectivity index (χ3n) is 2.50. The second-order valence-corrected chi connectivity index (χ2v) is 6.14. The molecule has 1 saturated heterocycles. The molecule has 1 aliphatic rings. The van der Waals surface area contributed by atoms with Gasteiger partial charge in [0.25, 0.3) is 0 Å². The lowest BCUT2D eigenvalue weighted by atomic mass is 10.2. The summed E-state index contributed by atoms with van der Waals surface area (Å²) >= 11 is 0. The third-order valence-corrected chi connectivity index (χ3v) is 4.26. The highest BCUT2D eigenvalue weighted by atomic mass is 32.2. The Labute approximate surface area is 101 Å². The molecule has 0 aromatic heterocycles. The fraction of sp³-hybridized carbons (Fsp3) is 0.455. The smallest absolute Gasteiger partial charge is 0.157 e. The summed E-state index contributed by atoms with van der Waals surface area (Å²) in [4.78, 5) is 4.76. The van der Waals surface area contributed by atoms with Crippen molar-refractivity contribution in [3.05, 3.63) is 29.8 Å². The van der Waals surface area contributed by atoms with Crippen molar-refractivity contribution in [2.75, 3.05) is 18.6 Å². The van der Waals surface area contributed by atoms with Crippen molar-refractivity contribution in [1.82, 2.24) is 5.48 Å². The van der Waals surface area contributed by atoms with E-state index in [2.05, 4.69) is 5.48 Å². The van der Waals surface area contributed by atoms with E-state index in [1.54, 1.807) is 7.11 Å². The number of sulfone groups is 1. The van der Waals surface area contributed by atoms with Crippen molar-refractivity contribution in [2.24, 2.45) is 0 Å². The predicted octanol–water partition coefficient (Wildman–Crippen LogP) is 0.513. The number of hydrogen-bond donors (Lipinski definition) is 1. The Morgan fingerprint density at radius 3 is 2.82 bits per heavy atom. The first kappa shape index (κ1) is 12.3. The lowest BCUT2D eigenvalue weighted by Gasteiger charge is -2.26. The first-order valence-electron chi connectivity index (χ1n) is 5.31. The van der Waals surface area contributed by atoms with E-state index < -0.39 is 9.84 Å². The van der Waals surface area contributed by atoms with Crippen LogP contribution in [0.4, 0.5) is 0 Å². The summed E-state index contributed by atoms with van der Waals surface area (Å²) in [6.45, 7) is 0.580. The fourth-order valence-corrected chi connectivity index (χ4v) is 2.83. The average Bonchev–Trinajstić information content (AvgIpc) is 2.24. The number of benzene rings is 1. The minimum absolute atomic E-state index is 0.119. The second-order valence-electron chi connectivity index (χ2n) is 3.99. The summed E-state index contributed by atoms with van der Waals surface area (Å²) in [5.41, 5.74) is 3.75. The molecular weight excluding hydrogens is 242 g/mol. The van der Waals surface area contributed by atoms with Crippen LogP contribution in [0.3, 0.4) is 0 Å². The highest BCUT2D eigenvalue weighted by Gasteiger charge is 2.35. The van der Waals surface area contributed by atoms with E-state index in [0.29, 0.717) is 12.3 Å². The van der Waals surface area contributed by atoms with Gasteiger partial charge in [-0.25, -0.2) is 8.42 Å². The normalized spacial score (nSPS) is 18.6. The Bertz CT molecular complexity index is 474. The van der Waals surface area contributed by atoms with Gasteiger partial charge in [-0.15, -0.1) is 0 Å². The minimum Gasteiger partial charge on any atom is -0.488 e. The van der Waals surface area contributed by atoms with Gasteiger partial charge in [-0.2, -0.15) is 5.48 Å². The average molecular weight is 257 g/mol. The van der Waals surface area contributed by atoms with Crippen molar-refractivity contribution >= 4 is 9.84 Å². The maximum absolute atomic E-state index is 11.0. The lowest BCUT2D eigenvalue weighted by Crippen LogP contribution is -2.45. The largest absolute Gasteiger partial charge is 0.488 e. The van der Waals surface area contributed by atoms with Gasteiger partial charge in [0.2, 0.25) is 0 Å². The molecule has 0 atom stereocenters. The summed E-state index contributed by atoms with van der Waals surface area (Å²) in [6.07, 6.45) is -0.203. The van der Waals surface area contributed by atoms with Crippen LogP contribution in [-0.2, 0) is 21.2 Å². The van der Waals surface area contributed by atoms with Crippen LogP contribution in [0.2, 0.25) is 0 Å². The molecule has 17 heavy (non-hydrogen) atoms. The van der Waals surface area contributed by atoms with Gasteiger partial charge in [-0.1, -0.05) is 12.1 Å². The van der Waals surface area contributed by atoms with Crippen molar-refractivity contribution in [2.45, 2.75) is 12.6 Å². The van der Waals surface area contributed by atoms with Gasteiger partial charge in [0.15, 0.2) is 9.84 Å². The summed E-state index contributed by atoms with van der Waals surface area (Å²) in [5, 5.41) is 0. The molecule has 1 heterocycles. The molecule has 0 amide bonds. The predicted molar refractivity (Wildman–Crippen MR) is 63.4 cm³/mol. The molecule has 5 nitrogen and oxygen atoms in total. The van der Waals surface area contributed by atoms with Gasteiger partial charge in [0.05, 0.1) is 18.6 Å². The Hall–Kier alpha value is -1.11. The number of ether oxygens (including phenoxy) is 1. The zero-order valence-corrected chi connectivity index (χ0v) is 10.4. The molecule has 6 heteroatoms. The molecule has 0 aliphatic carbocycles.